The number of piperidine rings is 1. The molecule has 6 heteroatoms. The lowest BCUT2D eigenvalue weighted by molar-refractivity contribution is 0.0533. The first-order valence-corrected chi connectivity index (χ1v) is 9.74. The van der Waals surface area contributed by atoms with E-state index in [0.29, 0.717) is 41.4 Å². The quantitative estimate of drug-likeness (QED) is 0.780. The van der Waals surface area contributed by atoms with Gasteiger partial charge in [-0.25, -0.2) is 4.98 Å². The second-order valence-corrected chi connectivity index (χ2v) is 7.52. The summed E-state index contributed by atoms with van der Waals surface area (Å²) in [6.07, 6.45) is 7.88. The van der Waals surface area contributed by atoms with Gasteiger partial charge in [-0.15, -0.1) is 0 Å². The Hall–Kier alpha value is -2.01. The summed E-state index contributed by atoms with van der Waals surface area (Å²) in [4.78, 5) is 19.1. The third kappa shape index (κ3) is 3.73. The summed E-state index contributed by atoms with van der Waals surface area (Å²) in [5.41, 5.74) is 0.408. The number of hydrogen-bond acceptors (Lipinski definition) is 4. The highest BCUT2D eigenvalue weighted by molar-refractivity contribution is 6.32. The van der Waals surface area contributed by atoms with E-state index in [1.54, 1.807) is 4.90 Å². The minimum Gasteiger partial charge on any atom is -0.487 e. The summed E-state index contributed by atoms with van der Waals surface area (Å²) >= 11 is 6.18. The van der Waals surface area contributed by atoms with Crippen molar-refractivity contribution in [2.45, 2.75) is 50.5 Å². The first-order valence-electron chi connectivity index (χ1n) is 9.36. The van der Waals surface area contributed by atoms with Crippen molar-refractivity contribution >= 4 is 17.5 Å². The molecule has 0 spiro atoms. The predicted molar refractivity (Wildman–Crippen MR) is 98.7 cm³/mol. The van der Waals surface area contributed by atoms with Gasteiger partial charge in [-0.1, -0.05) is 36.6 Å². The molecule has 4 rings (SSSR count). The molecule has 2 aliphatic rings. The number of carbonyl (C=O) groups is 1. The molecule has 1 amide bonds. The molecule has 1 aromatic heterocycles. The van der Waals surface area contributed by atoms with E-state index in [4.69, 9.17) is 20.8 Å². The van der Waals surface area contributed by atoms with Gasteiger partial charge in [0.1, 0.15) is 18.1 Å². The summed E-state index contributed by atoms with van der Waals surface area (Å²) in [6.45, 7) is 1.25. The number of oxazole rings is 1. The molecule has 1 unspecified atom stereocenters. The van der Waals surface area contributed by atoms with Crippen molar-refractivity contribution in [2.75, 3.05) is 13.1 Å². The maximum atomic E-state index is 12.8. The third-order valence-electron chi connectivity index (χ3n) is 5.24. The number of likely N-dealkylation sites (tertiary alicyclic amines) is 1. The molecule has 0 N–H and O–H groups in total. The number of halogens is 1. The van der Waals surface area contributed by atoms with Crippen LogP contribution in [0.4, 0.5) is 0 Å². The molecule has 138 valence electrons. The molecule has 0 radical (unpaired) electrons. The Balaban J connectivity index is 1.41. The van der Waals surface area contributed by atoms with Gasteiger partial charge >= 0.3 is 0 Å². The Kier molecular flexibility index (Phi) is 5.16. The van der Waals surface area contributed by atoms with E-state index >= 15 is 0 Å². The molecule has 2 aromatic rings. The third-order valence-corrected chi connectivity index (χ3v) is 5.55. The fourth-order valence-electron chi connectivity index (χ4n) is 3.85. The van der Waals surface area contributed by atoms with Gasteiger partial charge in [0.05, 0.1) is 11.6 Å². The maximum absolute atomic E-state index is 12.8. The van der Waals surface area contributed by atoms with Gasteiger partial charge < -0.3 is 14.1 Å². The van der Waals surface area contributed by atoms with Crippen molar-refractivity contribution in [3.8, 4) is 5.75 Å². The summed E-state index contributed by atoms with van der Waals surface area (Å²) in [7, 11) is 0. The molecule has 1 atom stereocenters. The van der Waals surface area contributed by atoms with Crippen LogP contribution >= 0.6 is 11.6 Å². The molecule has 26 heavy (non-hydrogen) atoms. The average Bonchev–Trinajstić information content (AvgIpc) is 3.35. The summed E-state index contributed by atoms with van der Waals surface area (Å²) in [6, 6.07) is 7.43. The normalized spacial score (nSPS) is 21.1. The van der Waals surface area contributed by atoms with Crippen molar-refractivity contribution in [1.82, 2.24) is 9.88 Å². The summed E-state index contributed by atoms with van der Waals surface area (Å²) < 4.78 is 11.6. The number of rotatable bonds is 4. The van der Waals surface area contributed by atoms with Gasteiger partial charge in [0.25, 0.3) is 5.91 Å². The average molecular weight is 375 g/mol. The van der Waals surface area contributed by atoms with E-state index in [-0.39, 0.29) is 12.0 Å². The lowest BCUT2D eigenvalue weighted by atomic mass is 10.1. The molecule has 2 fully saturated rings. The molecule has 1 aliphatic carbocycles. The SMILES string of the molecule is O=C(c1coc(C2CCCC2)n1)N1CCCC(Oc2ccccc2Cl)C1. The highest BCUT2D eigenvalue weighted by Gasteiger charge is 2.29. The number of nitrogens with zero attached hydrogens (tertiary/aromatic N) is 2. The lowest BCUT2D eigenvalue weighted by Gasteiger charge is -2.32. The minimum atomic E-state index is -0.0783. The van der Waals surface area contributed by atoms with E-state index < -0.39 is 0 Å². The zero-order valence-corrected chi connectivity index (χ0v) is 15.5. The Morgan fingerprint density at radius 1 is 1.19 bits per heavy atom. The number of benzene rings is 1. The molecular formula is C20H23ClN2O3. The maximum Gasteiger partial charge on any atom is 0.275 e. The fraction of sp³-hybridized carbons (Fsp3) is 0.500. The number of aromatic nitrogens is 1. The number of amides is 1. The van der Waals surface area contributed by atoms with Gasteiger partial charge in [0.15, 0.2) is 11.6 Å². The molecule has 1 saturated carbocycles. The molecule has 1 aliphatic heterocycles. The number of hydrogen-bond donors (Lipinski definition) is 0. The smallest absolute Gasteiger partial charge is 0.275 e. The van der Waals surface area contributed by atoms with Crippen LogP contribution in [0.3, 0.4) is 0 Å². The Labute approximate surface area is 158 Å². The number of para-hydroxylation sites is 1. The lowest BCUT2D eigenvalue weighted by Crippen LogP contribution is -2.44. The zero-order valence-electron chi connectivity index (χ0n) is 14.7. The van der Waals surface area contributed by atoms with Gasteiger partial charge in [-0.2, -0.15) is 0 Å². The fourth-order valence-corrected chi connectivity index (χ4v) is 4.03. The summed E-state index contributed by atoms with van der Waals surface area (Å²) in [5, 5.41) is 0.591. The molecule has 2 heterocycles. The van der Waals surface area contributed by atoms with E-state index in [1.165, 1.54) is 19.1 Å². The molecule has 5 nitrogen and oxygen atoms in total. The Morgan fingerprint density at radius 2 is 2.00 bits per heavy atom. The molecule has 1 saturated heterocycles. The standard InChI is InChI=1S/C20H23ClN2O3/c21-16-9-3-4-10-18(16)26-15-8-5-11-23(12-15)20(24)17-13-25-19(22-17)14-6-1-2-7-14/h3-4,9-10,13-15H,1-2,5-8,11-12H2. The largest absolute Gasteiger partial charge is 0.487 e. The van der Waals surface area contributed by atoms with Crippen molar-refractivity contribution in [2.24, 2.45) is 0 Å². The number of carbonyl (C=O) groups excluding carboxylic acids is 1. The summed E-state index contributed by atoms with van der Waals surface area (Å²) in [5.74, 6) is 1.67. The first-order chi connectivity index (χ1) is 12.7. The van der Waals surface area contributed by atoms with Crippen LogP contribution in [-0.2, 0) is 0 Å². The predicted octanol–water partition coefficient (Wildman–Crippen LogP) is 4.67. The molecule has 1 aromatic carbocycles. The van der Waals surface area contributed by atoms with Crippen molar-refractivity contribution in [3.05, 3.63) is 47.1 Å². The van der Waals surface area contributed by atoms with E-state index in [0.717, 1.165) is 25.7 Å². The minimum absolute atomic E-state index is 0.0613. The van der Waals surface area contributed by atoms with E-state index in [2.05, 4.69) is 4.98 Å². The van der Waals surface area contributed by atoms with Gasteiger partial charge in [0.2, 0.25) is 0 Å². The van der Waals surface area contributed by atoms with E-state index in [1.807, 2.05) is 24.3 Å². The Bertz CT molecular complexity index is 770. The first kappa shape index (κ1) is 17.4. The van der Waals surface area contributed by atoms with Gasteiger partial charge in [0, 0.05) is 12.5 Å². The van der Waals surface area contributed by atoms with Crippen LogP contribution in [0.5, 0.6) is 5.75 Å². The van der Waals surface area contributed by atoms with Gasteiger partial charge in [-0.3, -0.25) is 4.79 Å². The van der Waals surface area contributed by atoms with Crippen molar-refractivity contribution < 1.29 is 13.9 Å². The van der Waals surface area contributed by atoms with Crippen molar-refractivity contribution in [1.29, 1.82) is 0 Å². The van der Waals surface area contributed by atoms with Crippen LogP contribution in [0.2, 0.25) is 5.02 Å². The number of ether oxygens (including phenoxy) is 1. The van der Waals surface area contributed by atoms with Crippen LogP contribution in [0.1, 0.15) is 60.8 Å². The highest BCUT2D eigenvalue weighted by Crippen LogP contribution is 2.33. The van der Waals surface area contributed by atoms with E-state index in [9.17, 15) is 4.79 Å². The van der Waals surface area contributed by atoms with Crippen LogP contribution in [-0.4, -0.2) is 35.0 Å². The molecule has 0 bridgehead atoms. The topological polar surface area (TPSA) is 55.6 Å². The highest BCUT2D eigenvalue weighted by atomic mass is 35.5. The Morgan fingerprint density at radius 3 is 2.81 bits per heavy atom. The van der Waals surface area contributed by atoms with Crippen molar-refractivity contribution in [3.63, 3.8) is 0 Å². The second-order valence-electron chi connectivity index (χ2n) is 7.12. The van der Waals surface area contributed by atoms with Crippen LogP contribution < -0.4 is 4.74 Å². The second kappa shape index (κ2) is 7.70. The van der Waals surface area contributed by atoms with Gasteiger partial charge in [-0.05, 0) is 37.8 Å². The zero-order chi connectivity index (χ0) is 17.9. The monoisotopic (exact) mass is 374 g/mol. The van der Waals surface area contributed by atoms with Crippen LogP contribution in [0.25, 0.3) is 0 Å². The van der Waals surface area contributed by atoms with Crippen LogP contribution in [0.15, 0.2) is 34.9 Å². The van der Waals surface area contributed by atoms with Crippen LogP contribution in [0, 0.1) is 0 Å². The molecular weight excluding hydrogens is 352 g/mol.